The van der Waals surface area contributed by atoms with Crippen LogP contribution in [0.5, 0.6) is 0 Å². The molecule has 0 unspecified atom stereocenters. The first-order valence-corrected chi connectivity index (χ1v) is 5.57. The van der Waals surface area contributed by atoms with Crippen molar-refractivity contribution in [2.45, 2.75) is 20.4 Å². The molecule has 0 bridgehead atoms. The summed E-state index contributed by atoms with van der Waals surface area (Å²) in [6.45, 7) is 5.91. The molecule has 0 fully saturated rings. The van der Waals surface area contributed by atoms with E-state index in [1.165, 1.54) is 9.75 Å². The number of hydrogen-bond donors (Lipinski definition) is 2. The Morgan fingerprint density at radius 3 is 2.71 bits per heavy atom. The number of nitrogens with one attached hydrogen (secondary N) is 2. The van der Waals surface area contributed by atoms with Gasteiger partial charge in [0.2, 0.25) is 0 Å². The Morgan fingerprint density at radius 1 is 1.43 bits per heavy atom. The molecule has 2 N–H and O–H groups in total. The molecule has 1 aromatic rings. The van der Waals surface area contributed by atoms with Crippen molar-refractivity contribution in [1.82, 2.24) is 10.6 Å². The Labute approximate surface area is 89.3 Å². The number of aryl methyl sites for hydroxylation is 1. The minimum Gasteiger partial charge on any atom is -0.357 e. The van der Waals surface area contributed by atoms with Gasteiger partial charge in [0.15, 0.2) is 5.96 Å². The number of nitrogens with zero attached hydrogens (tertiary/aromatic N) is 1. The zero-order chi connectivity index (χ0) is 10.4. The van der Waals surface area contributed by atoms with E-state index in [1.54, 1.807) is 7.05 Å². The van der Waals surface area contributed by atoms with Crippen molar-refractivity contribution < 1.29 is 0 Å². The molecule has 4 heteroatoms. The van der Waals surface area contributed by atoms with E-state index < -0.39 is 0 Å². The van der Waals surface area contributed by atoms with Gasteiger partial charge in [0.25, 0.3) is 0 Å². The molecule has 1 heterocycles. The van der Waals surface area contributed by atoms with Gasteiger partial charge in [-0.3, -0.25) is 4.99 Å². The second-order valence-electron chi connectivity index (χ2n) is 2.97. The predicted molar refractivity (Wildman–Crippen MR) is 62.9 cm³/mol. The molecule has 0 saturated carbocycles. The summed E-state index contributed by atoms with van der Waals surface area (Å²) in [5.74, 6) is 0.860. The van der Waals surface area contributed by atoms with E-state index in [1.807, 2.05) is 11.3 Å². The second-order valence-corrected chi connectivity index (χ2v) is 4.34. The Morgan fingerprint density at radius 2 is 2.21 bits per heavy atom. The SMILES string of the molecule is CCNC(=NC)NCc1ccc(C)s1. The molecule has 0 saturated heterocycles. The third kappa shape index (κ3) is 3.38. The van der Waals surface area contributed by atoms with Crippen molar-refractivity contribution in [1.29, 1.82) is 0 Å². The molecule has 0 aliphatic heterocycles. The molecule has 0 amide bonds. The number of hydrogen-bond acceptors (Lipinski definition) is 2. The highest BCUT2D eigenvalue weighted by Gasteiger charge is 1.98. The third-order valence-electron chi connectivity index (χ3n) is 1.79. The first-order valence-electron chi connectivity index (χ1n) is 4.76. The molecule has 3 nitrogen and oxygen atoms in total. The summed E-state index contributed by atoms with van der Waals surface area (Å²) < 4.78 is 0. The van der Waals surface area contributed by atoms with Crippen molar-refractivity contribution in [3.63, 3.8) is 0 Å². The van der Waals surface area contributed by atoms with Gasteiger partial charge in [-0.25, -0.2) is 0 Å². The van der Waals surface area contributed by atoms with Crippen LogP contribution in [-0.4, -0.2) is 19.6 Å². The van der Waals surface area contributed by atoms with E-state index in [2.05, 4.69) is 41.6 Å². The van der Waals surface area contributed by atoms with Crippen LogP contribution in [0.2, 0.25) is 0 Å². The van der Waals surface area contributed by atoms with Gasteiger partial charge in [-0.2, -0.15) is 0 Å². The fourth-order valence-electron chi connectivity index (χ4n) is 1.14. The van der Waals surface area contributed by atoms with Crippen LogP contribution in [0, 0.1) is 6.92 Å². The van der Waals surface area contributed by atoms with Gasteiger partial charge in [-0.1, -0.05) is 0 Å². The lowest BCUT2D eigenvalue weighted by molar-refractivity contribution is 0.838. The smallest absolute Gasteiger partial charge is 0.191 e. The Bertz CT molecular complexity index is 304. The van der Waals surface area contributed by atoms with Crippen molar-refractivity contribution in [2.75, 3.05) is 13.6 Å². The molecule has 1 rings (SSSR count). The summed E-state index contributed by atoms with van der Waals surface area (Å²) in [4.78, 5) is 6.78. The summed E-state index contributed by atoms with van der Waals surface area (Å²) in [5.41, 5.74) is 0. The minimum absolute atomic E-state index is 0.845. The third-order valence-corrected chi connectivity index (χ3v) is 2.79. The topological polar surface area (TPSA) is 36.4 Å². The number of aliphatic imine (C=N–C) groups is 1. The standard InChI is InChI=1S/C10H17N3S/c1-4-12-10(11-3)13-7-9-6-5-8(2)14-9/h5-6H,4,7H2,1-3H3,(H2,11,12,13). The highest BCUT2D eigenvalue weighted by atomic mass is 32.1. The molecule has 0 aromatic carbocycles. The molecule has 0 aliphatic carbocycles. The number of guanidine groups is 1. The van der Waals surface area contributed by atoms with Crippen molar-refractivity contribution in [3.05, 3.63) is 21.9 Å². The fourth-order valence-corrected chi connectivity index (χ4v) is 1.97. The van der Waals surface area contributed by atoms with Crippen LogP contribution in [0.25, 0.3) is 0 Å². The maximum absolute atomic E-state index is 4.10. The molecule has 14 heavy (non-hydrogen) atoms. The largest absolute Gasteiger partial charge is 0.357 e. The van der Waals surface area contributed by atoms with Gasteiger partial charge in [-0.05, 0) is 26.0 Å². The van der Waals surface area contributed by atoms with Gasteiger partial charge in [0.05, 0.1) is 6.54 Å². The lowest BCUT2D eigenvalue weighted by atomic mass is 10.4. The first-order chi connectivity index (χ1) is 6.76. The summed E-state index contributed by atoms with van der Waals surface area (Å²) in [6.07, 6.45) is 0. The normalized spacial score (nSPS) is 11.5. The summed E-state index contributed by atoms with van der Waals surface area (Å²) in [6, 6.07) is 4.28. The summed E-state index contributed by atoms with van der Waals surface area (Å²) >= 11 is 1.81. The van der Waals surface area contributed by atoms with Gasteiger partial charge in [0.1, 0.15) is 0 Å². The van der Waals surface area contributed by atoms with Crippen molar-refractivity contribution in [2.24, 2.45) is 4.99 Å². The zero-order valence-electron chi connectivity index (χ0n) is 8.92. The second kappa shape index (κ2) is 5.65. The average Bonchev–Trinajstić information content (AvgIpc) is 2.59. The van der Waals surface area contributed by atoms with E-state index in [-0.39, 0.29) is 0 Å². The summed E-state index contributed by atoms with van der Waals surface area (Å²) in [5, 5.41) is 6.40. The van der Waals surface area contributed by atoms with E-state index >= 15 is 0 Å². The molecule has 0 spiro atoms. The Hall–Kier alpha value is -1.03. The molecular weight excluding hydrogens is 194 g/mol. The maximum atomic E-state index is 4.10. The van der Waals surface area contributed by atoms with Crippen LogP contribution in [0.1, 0.15) is 16.7 Å². The van der Waals surface area contributed by atoms with Crippen LogP contribution in [0.15, 0.2) is 17.1 Å². The van der Waals surface area contributed by atoms with E-state index in [0.29, 0.717) is 0 Å². The van der Waals surface area contributed by atoms with Gasteiger partial charge < -0.3 is 10.6 Å². The Kier molecular flexibility index (Phi) is 4.46. The van der Waals surface area contributed by atoms with Gasteiger partial charge >= 0.3 is 0 Å². The predicted octanol–water partition coefficient (Wildman–Crippen LogP) is 1.74. The van der Waals surface area contributed by atoms with Crippen LogP contribution in [0.4, 0.5) is 0 Å². The van der Waals surface area contributed by atoms with Crippen LogP contribution < -0.4 is 10.6 Å². The molecular formula is C10H17N3S. The molecule has 0 aliphatic rings. The quantitative estimate of drug-likeness (QED) is 0.590. The van der Waals surface area contributed by atoms with Gasteiger partial charge in [-0.15, -0.1) is 11.3 Å². The average molecular weight is 211 g/mol. The Balaban J connectivity index is 2.39. The molecule has 78 valence electrons. The van der Waals surface area contributed by atoms with Crippen LogP contribution in [0.3, 0.4) is 0 Å². The van der Waals surface area contributed by atoms with Crippen LogP contribution >= 0.6 is 11.3 Å². The van der Waals surface area contributed by atoms with E-state index in [0.717, 1.165) is 19.0 Å². The van der Waals surface area contributed by atoms with Crippen molar-refractivity contribution in [3.8, 4) is 0 Å². The lowest BCUT2D eigenvalue weighted by Gasteiger charge is -2.08. The highest BCUT2D eigenvalue weighted by molar-refractivity contribution is 7.11. The monoisotopic (exact) mass is 211 g/mol. The van der Waals surface area contributed by atoms with Crippen LogP contribution in [-0.2, 0) is 6.54 Å². The molecule has 0 atom stereocenters. The van der Waals surface area contributed by atoms with E-state index in [4.69, 9.17) is 0 Å². The molecule has 1 aromatic heterocycles. The van der Waals surface area contributed by atoms with Gasteiger partial charge in [0, 0.05) is 23.3 Å². The minimum atomic E-state index is 0.845. The van der Waals surface area contributed by atoms with E-state index in [9.17, 15) is 0 Å². The van der Waals surface area contributed by atoms with Crippen molar-refractivity contribution >= 4 is 17.3 Å². The number of thiophene rings is 1. The fraction of sp³-hybridized carbons (Fsp3) is 0.500. The molecule has 0 radical (unpaired) electrons. The lowest BCUT2D eigenvalue weighted by Crippen LogP contribution is -2.36. The summed E-state index contributed by atoms with van der Waals surface area (Å²) in [7, 11) is 1.78. The maximum Gasteiger partial charge on any atom is 0.191 e. The number of rotatable bonds is 3. The highest BCUT2D eigenvalue weighted by Crippen LogP contribution is 2.14. The zero-order valence-corrected chi connectivity index (χ0v) is 9.74. The first kappa shape index (κ1) is 11.0.